The van der Waals surface area contributed by atoms with Gasteiger partial charge < -0.3 is 0 Å². The predicted octanol–water partition coefficient (Wildman–Crippen LogP) is 0.307. The fraction of sp³-hybridized carbons (Fsp3) is 1.00. The van der Waals surface area contributed by atoms with Gasteiger partial charge in [-0.15, -0.1) is 0 Å². The fourth-order valence-electron chi connectivity index (χ4n) is 0.175. The molecule has 0 aliphatic heterocycles. The van der Waals surface area contributed by atoms with Crippen molar-refractivity contribution in [3.05, 3.63) is 0 Å². The van der Waals surface area contributed by atoms with Gasteiger partial charge >= 0.3 is 40.8 Å². The summed E-state index contributed by atoms with van der Waals surface area (Å²) in [5.41, 5.74) is 0. The van der Waals surface area contributed by atoms with Crippen molar-refractivity contribution >= 4 is 14.2 Å². The van der Waals surface area contributed by atoms with Crippen LogP contribution < -0.4 is 0 Å². The predicted molar refractivity (Wildman–Crippen MR) is 23.8 cm³/mol. The summed E-state index contributed by atoms with van der Waals surface area (Å²) in [4.78, 5) is 0. The van der Waals surface area contributed by atoms with E-state index in [0.29, 0.717) is 5.32 Å². The van der Waals surface area contributed by atoms with Gasteiger partial charge in [0.05, 0.1) is 0 Å². The summed E-state index contributed by atoms with van der Waals surface area (Å²) >= 11 is -2.31. The van der Waals surface area contributed by atoms with Crippen molar-refractivity contribution in [1.82, 2.24) is 0 Å². The Morgan fingerprint density at radius 3 is 2.33 bits per heavy atom. The maximum atomic E-state index is 9.81. The molecule has 0 amide bonds. The Balaban J connectivity index is 2.83. The molecule has 1 atom stereocenters. The van der Waals surface area contributed by atoms with Crippen LogP contribution in [-0.2, 0) is 3.83 Å². The molecule has 0 rings (SSSR count). The number of rotatable bonds is 2. The fourth-order valence-corrected chi connectivity index (χ4v) is 0.907. The SMILES string of the molecule is CCC[Se](=O)O. The first-order valence-corrected chi connectivity index (χ1v) is 4.52. The molecular formula is C3H8O2Se. The molecule has 0 aromatic carbocycles. The summed E-state index contributed by atoms with van der Waals surface area (Å²) in [6.07, 6.45) is 0.824. The standard InChI is InChI=1S/C3H8O2Se/c1-2-3-6(4)5/h2-3H2,1H3,(H,4,5). The quantitative estimate of drug-likeness (QED) is 0.582. The first-order valence-electron chi connectivity index (χ1n) is 1.85. The molecule has 0 fully saturated rings. The van der Waals surface area contributed by atoms with Crippen LogP contribution in [0.5, 0.6) is 0 Å². The third kappa shape index (κ3) is 4.28. The van der Waals surface area contributed by atoms with E-state index in [-0.39, 0.29) is 0 Å². The Hall–Kier alpha value is 0.279. The van der Waals surface area contributed by atoms with Crippen LogP contribution in [0.4, 0.5) is 0 Å². The zero-order valence-corrected chi connectivity index (χ0v) is 5.39. The van der Waals surface area contributed by atoms with Crippen molar-refractivity contribution in [2.24, 2.45) is 0 Å². The van der Waals surface area contributed by atoms with Crippen molar-refractivity contribution < 1.29 is 8.02 Å². The van der Waals surface area contributed by atoms with E-state index in [1.54, 1.807) is 0 Å². The topological polar surface area (TPSA) is 37.3 Å². The molecule has 6 heavy (non-hydrogen) atoms. The van der Waals surface area contributed by atoms with E-state index in [9.17, 15) is 3.83 Å². The molecule has 0 aliphatic carbocycles. The molecule has 0 aromatic heterocycles. The van der Waals surface area contributed by atoms with Crippen LogP contribution in [0.2, 0.25) is 5.32 Å². The summed E-state index contributed by atoms with van der Waals surface area (Å²) in [5, 5.41) is 0.500. The minimum absolute atomic E-state index is 0.500. The molecule has 0 saturated heterocycles. The van der Waals surface area contributed by atoms with Crippen molar-refractivity contribution in [2.75, 3.05) is 0 Å². The van der Waals surface area contributed by atoms with Crippen LogP contribution in [0.1, 0.15) is 13.3 Å². The van der Waals surface area contributed by atoms with Crippen molar-refractivity contribution in [3.63, 3.8) is 0 Å². The molecule has 0 bridgehead atoms. The molecule has 0 heterocycles. The van der Waals surface area contributed by atoms with Crippen molar-refractivity contribution in [2.45, 2.75) is 18.7 Å². The normalized spacial score (nSPS) is 14.3. The molecule has 0 radical (unpaired) electrons. The Morgan fingerprint density at radius 2 is 2.33 bits per heavy atom. The molecule has 3 heteroatoms. The average Bonchev–Trinajstić information content (AvgIpc) is 1.35. The second kappa shape index (κ2) is 3.47. The second-order valence-corrected chi connectivity index (χ2v) is 3.23. The third-order valence-corrected chi connectivity index (χ3v) is 1.97. The molecule has 0 saturated carbocycles. The molecule has 38 valence electrons. The Labute approximate surface area is 41.6 Å². The van der Waals surface area contributed by atoms with Crippen LogP contribution >= 0.6 is 0 Å². The first-order chi connectivity index (χ1) is 2.77. The van der Waals surface area contributed by atoms with Gasteiger partial charge in [-0.1, -0.05) is 0 Å². The number of hydrogen-bond acceptors (Lipinski definition) is 1. The Kier molecular flexibility index (Phi) is 3.63. The van der Waals surface area contributed by atoms with Crippen LogP contribution in [0.3, 0.4) is 0 Å². The Morgan fingerprint density at radius 1 is 1.83 bits per heavy atom. The van der Waals surface area contributed by atoms with E-state index < -0.39 is 14.2 Å². The second-order valence-electron chi connectivity index (χ2n) is 1.03. The van der Waals surface area contributed by atoms with Crippen LogP contribution in [0, 0.1) is 0 Å². The summed E-state index contributed by atoms with van der Waals surface area (Å²) in [5.74, 6) is 0. The molecular weight excluding hydrogens is 147 g/mol. The van der Waals surface area contributed by atoms with E-state index in [0.717, 1.165) is 6.42 Å². The minimum atomic E-state index is -2.31. The summed E-state index contributed by atoms with van der Waals surface area (Å²) in [7, 11) is 0. The van der Waals surface area contributed by atoms with Gasteiger partial charge in [0.25, 0.3) is 0 Å². The Bertz CT molecular complexity index is 52.8. The molecule has 2 nitrogen and oxygen atoms in total. The van der Waals surface area contributed by atoms with E-state index in [1.165, 1.54) is 0 Å². The van der Waals surface area contributed by atoms with Crippen molar-refractivity contribution in [1.29, 1.82) is 0 Å². The summed E-state index contributed by atoms with van der Waals surface area (Å²) in [6, 6.07) is 0. The third-order valence-electron chi connectivity index (χ3n) is 0.379. The first kappa shape index (κ1) is 6.28. The molecule has 0 spiro atoms. The molecule has 1 N–H and O–H groups in total. The average molecular weight is 155 g/mol. The van der Waals surface area contributed by atoms with Gasteiger partial charge in [0.15, 0.2) is 0 Å². The van der Waals surface area contributed by atoms with E-state index in [2.05, 4.69) is 0 Å². The summed E-state index contributed by atoms with van der Waals surface area (Å²) < 4.78 is 17.9. The van der Waals surface area contributed by atoms with Gasteiger partial charge in [-0.05, 0) is 0 Å². The molecule has 0 aliphatic rings. The van der Waals surface area contributed by atoms with Crippen molar-refractivity contribution in [3.8, 4) is 0 Å². The number of hydrogen-bond donors (Lipinski definition) is 1. The van der Waals surface area contributed by atoms with E-state index >= 15 is 0 Å². The monoisotopic (exact) mass is 156 g/mol. The molecule has 0 aromatic rings. The van der Waals surface area contributed by atoms with Gasteiger partial charge in [-0.25, -0.2) is 0 Å². The van der Waals surface area contributed by atoms with E-state index in [4.69, 9.17) is 4.19 Å². The summed E-state index contributed by atoms with van der Waals surface area (Å²) in [6.45, 7) is 1.89. The van der Waals surface area contributed by atoms with Crippen LogP contribution in [-0.4, -0.2) is 18.4 Å². The van der Waals surface area contributed by atoms with Crippen LogP contribution in [0.25, 0.3) is 0 Å². The zero-order valence-electron chi connectivity index (χ0n) is 3.68. The van der Waals surface area contributed by atoms with Gasteiger partial charge in [0.1, 0.15) is 0 Å². The van der Waals surface area contributed by atoms with E-state index in [1.807, 2.05) is 6.92 Å². The zero-order chi connectivity index (χ0) is 4.99. The van der Waals surface area contributed by atoms with Gasteiger partial charge in [-0.3, -0.25) is 0 Å². The van der Waals surface area contributed by atoms with Crippen LogP contribution in [0.15, 0.2) is 0 Å². The maximum absolute atomic E-state index is 9.81. The van der Waals surface area contributed by atoms with Gasteiger partial charge in [0, 0.05) is 0 Å². The molecule has 1 unspecified atom stereocenters. The van der Waals surface area contributed by atoms with Gasteiger partial charge in [-0.2, -0.15) is 0 Å². The van der Waals surface area contributed by atoms with Gasteiger partial charge in [0.2, 0.25) is 0 Å².